The number of hydrogen-bond donors (Lipinski definition) is 1. The van der Waals surface area contributed by atoms with Gasteiger partial charge in [0.25, 0.3) is 5.56 Å². The van der Waals surface area contributed by atoms with E-state index in [2.05, 4.69) is 4.98 Å². The number of esters is 1. The van der Waals surface area contributed by atoms with Gasteiger partial charge in [0, 0.05) is 11.6 Å². The van der Waals surface area contributed by atoms with Gasteiger partial charge in [-0.15, -0.1) is 0 Å². The number of aromatic nitrogens is 2. The predicted octanol–water partition coefficient (Wildman–Crippen LogP) is 3.35. The van der Waals surface area contributed by atoms with Gasteiger partial charge in [-0.25, -0.2) is 17.2 Å². The normalized spacial score (nSPS) is 23.8. The largest absolute Gasteiger partial charge is 0.494 e. The van der Waals surface area contributed by atoms with E-state index < -0.39 is 44.6 Å². The van der Waals surface area contributed by atoms with Crippen molar-refractivity contribution in [3.8, 4) is 0 Å². The van der Waals surface area contributed by atoms with Crippen molar-refractivity contribution in [1.29, 1.82) is 0 Å². The van der Waals surface area contributed by atoms with Crippen LogP contribution in [0.15, 0.2) is 46.3 Å². The Kier molecular flexibility index (Phi) is 5.97. The van der Waals surface area contributed by atoms with Crippen LogP contribution >= 0.6 is 0 Å². The first-order valence-corrected chi connectivity index (χ1v) is 13.0. The number of nitrogens with one attached hydrogen (secondary N) is 1. The van der Waals surface area contributed by atoms with E-state index in [4.69, 9.17) is 14.0 Å². The molecule has 0 bridgehead atoms. The number of hydrogen-bond acceptors (Lipinski definition) is 7. The van der Waals surface area contributed by atoms with Crippen LogP contribution in [0.1, 0.15) is 65.4 Å². The number of rotatable bonds is 5. The zero-order chi connectivity index (χ0) is 26.0. The van der Waals surface area contributed by atoms with Gasteiger partial charge in [-0.2, -0.15) is 0 Å². The van der Waals surface area contributed by atoms with E-state index in [0.29, 0.717) is 11.0 Å². The van der Waals surface area contributed by atoms with Crippen molar-refractivity contribution in [3.63, 3.8) is 0 Å². The molecule has 0 spiro atoms. The number of nitrogens with zero attached hydrogens (tertiary/aromatic N) is 1. The van der Waals surface area contributed by atoms with Gasteiger partial charge in [-0.05, 0) is 72.5 Å². The lowest BCUT2D eigenvalue weighted by Crippen LogP contribution is -2.43. The van der Waals surface area contributed by atoms with Crippen LogP contribution in [0.3, 0.4) is 0 Å². The minimum absolute atomic E-state index is 0.0626. The van der Waals surface area contributed by atoms with Crippen molar-refractivity contribution < 1.29 is 27.3 Å². The zero-order valence-corrected chi connectivity index (χ0v) is 21.9. The van der Waals surface area contributed by atoms with Crippen molar-refractivity contribution >= 4 is 34.0 Å². The number of fused-ring (bicyclic) bond motifs is 1. The van der Waals surface area contributed by atoms with Gasteiger partial charge in [0.2, 0.25) is 10.0 Å². The van der Waals surface area contributed by atoms with Crippen LogP contribution in [0.4, 0.5) is 0 Å². The molecule has 188 valence electrons. The smallest absolute Gasteiger partial charge is 0.461 e. The first kappa shape index (κ1) is 25.5. The summed E-state index contributed by atoms with van der Waals surface area (Å²) in [4.78, 5) is 27.9. The van der Waals surface area contributed by atoms with Crippen LogP contribution < -0.4 is 5.56 Å². The molecule has 0 saturated carbocycles. The summed E-state index contributed by atoms with van der Waals surface area (Å²) in [6, 6.07) is 2.92. The lowest BCUT2D eigenvalue weighted by Gasteiger charge is -2.33. The van der Waals surface area contributed by atoms with Crippen LogP contribution in [0.25, 0.3) is 10.9 Å². The van der Waals surface area contributed by atoms with Gasteiger partial charge in [-0.3, -0.25) is 4.79 Å². The third-order valence-corrected chi connectivity index (χ3v) is 9.93. The molecule has 9 nitrogen and oxygen atoms in total. The summed E-state index contributed by atoms with van der Waals surface area (Å²) in [5.74, 6) is -0.818. The zero-order valence-electron chi connectivity index (χ0n) is 21.1. The van der Waals surface area contributed by atoms with Crippen molar-refractivity contribution in [2.75, 3.05) is 6.61 Å². The maximum Gasteiger partial charge on any atom is 0.494 e. The number of H-pyrrole nitrogens is 1. The van der Waals surface area contributed by atoms with E-state index >= 15 is 0 Å². The average Bonchev–Trinajstić information content (AvgIpc) is 3.26. The molecule has 11 heteroatoms. The van der Waals surface area contributed by atoms with Gasteiger partial charge in [-0.1, -0.05) is 17.7 Å². The molecule has 1 atom stereocenters. The molecule has 4 rings (SSSR count). The second kappa shape index (κ2) is 8.21. The third kappa shape index (κ3) is 3.80. The first-order chi connectivity index (χ1) is 16.2. The number of ether oxygens (including phenoxy) is 1. The molecule has 1 N–H and O–H groups in total. The van der Waals surface area contributed by atoms with Crippen LogP contribution in [-0.4, -0.2) is 53.0 Å². The summed E-state index contributed by atoms with van der Waals surface area (Å²) in [5, 5.41) is 0.329. The fourth-order valence-corrected chi connectivity index (χ4v) is 6.30. The fourth-order valence-electron chi connectivity index (χ4n) is 4.32. The molecule has 1 unspecified atom stereocenters. The van der Waals surface area contributed by atoms with Gasteiger partial charge < -0.3 is 19.0 Å². The topological polar surface area (TPSA) is 117 Å². The molecule has 35 heavy (non-hydrogen) atoms. The maximum absolute atomic E-state index is 14.2. The minimum Gasteiger partial charge on any atom is -0.461 e. The highest BCUT2D eigenvalue weighted by atomic mass is 32.2. The number of carbonyl (C=O) groups excluding carboxylic acids is 1. The average molecular weight is 502 g/mol. The number of carbonyl (C=O) groups is 1. The third-order valence-electron chi connectivity index (χ3n) is 7.44. The molecular weight excluding hydrogens is 471 g/mol. The van der Waals surface area contributed by atoms with Crippen LogP contribution in [0.2, 0.25) is 0 Å². The molecule has 1 saturated heterocycles. The number of pyridine rings is 1. The Morgan fingerprint density at radius 2 is 1.83 bits per heavy atom. The van der Waals surface area contributed by atoms with Crippen molar-refractivity contribution in [2.24, 2.45) is 0 Å². The van der Waals surface area contributed by atoms with Crippen molar-refractivity contribution in [3.05, 3.63) is 57.6 Å². The van der Waals surface area contributed by atoms with E-state index in [1.165, 1.54) is 12.3 Å². The van der Waals surface area contributed by atoms with E-state index in [0.717, 1.165) is 9.44 Å². The first-order valence-electron chi connectivity index (χ1n) is 11.6. The van der Waals surface area contributed by atoms with Gasteiger partial charge in [0.05, 0.1) is 17.8 Å². The minimum atomic E-state index is -4.30. The Balaban J connectivity index is 1.81. The van der Waals surface area contributed by atoms with E-state index in [1.54, 1.807) is 39.0 Å². The summed E-state index contributed by atoms with van der Waals surface area (Å²) < 4.78 is 45.1. The molecule has 3 heterocycles. The molecule has 1 aliphatic heterocycles. The van der Waals surface area contributed by atoms with Gasteiger partial charge in [0.1, 0.15) is 16.0 Å². The lowest BCUT2D eigenvalue weighted by molar-refractivity contribution is 0.00578. The Labute approximate surface area is 205 Å². The van der Waals surface area contributed by atoms with Gasteiger partial charge >= 0.3 is 13.1 Å². The van der Waals surface area contributed by atoms with E-state index in [9.17, 15) is 18.0 Å². The Morgan fingerprint density at radius 3 is 2.40 bits per heavy atom. The second-order valence-corrected chi connectivity index (χ2v) is 12.4. The van der Waals surface area contributed by atoms with Crippen molar-refractivity contribution in [2.45, 2.75) is 70.8 Å². The lowest BCUT2D eigenvalue weighted by atomic mass is 9.72. The van der Waals surface area contributed by atoms with E-state index in [-0.39, 0.29) is 24.2 Å². The standard InChI is InChI=1S/C24H31BN2O7S/c1-8-32-21(29)18-14-16-10-12-26-20(28)19(16)27(18)35(30,31)24(7)11-9-17(13-15(24)2)25-33-22(3,4)23(5,6)34-25/h9-10,12-14H,8,11H2,1-7H3,(H,26,28). The highest BCUT2D eigenvalue weighted by molar-refractivity contribution is 7.91. The van der Waals surface area contributed by atoms with Crippen LogP contribution in [0, 0.1) is 0 Å². The molecule has 1 fully saturated rings. The van der Waals surface area contributed by atoms with Gasteiger partial charge in [0.15, 0.2) is 0 Å². The molecule has 0 aromatic carbocycles. The molecule has 2 aromatic heterocycles. The number of aromatic amines is 1. The Hall–Kier alpha value is -2.63. The number of allylic oxidation sites excluding steroid dienone is 3. The SMILES string of the molecule is CCOC(=O)c1cc2cc[nH]c(=O)c2n1S(=O)(=O)C1(C)CC=C(B2OC(C)(C)C(C)(C)O2)C=C1C. The highest BCUT2D eigenvalue weighted by Gasteiger charge is 2.53. The summed E-state index contributed by atoms with van der Waals surface area (Å²) in [6.07, 6.45) is 5.04. The Bertz CT molecular complexity index is 1420. The van der Waals surface area contributed by atoms with E-state index in [1.807, 2.05) is 27.7 Å². The molecular formula is C24H31BN2O7S. The van der Waals surface area contributed by atoms with Crippen LogP contribution in [0.5, 0.6) is 0 Å². The quantitative estimate of drug-likeness (QED) is 0.492. The monoisotopic (exact) mass is 502 g/mol. The Morgan fingerprint density at radius 1 is 1.20 bits per heavy atom. The molecule has 2 aliphatic rings. The summed E-state index contributed by atoms with van der Waals surface area (Å²) in [6.45, 7) is 12.8. The highest BCUT2D eigenvalue weighted by Crippen LogP contribution is 2.43. The predicted molar refractivity (Wildman–Crippen MR) is 134 cm³/mol. The summed E-state index contributed by atoms with van der Waals surface area (Å²) in [7, 11) is -4.93. The molecule has 2 aromatic rings. The van der Waals surface area contributed by atoms with Crippen molar-refractivity contribution in [1.82, 2.24) is 8.96 Å². The van der Waals surface area contributed by atoms with Crippen LogP contribution in [-0.2, 0) is 24.1 Å². The molecule has 0 radical (unpaired) electrons. The second-order valence-electron chi connectivity index (χ2n) is 10.2. The summed E-state index contributed by atoms with van der Waals surface area (Å²) >= 11 is 0. The fraction of sp³-hybridized carbons (Fsp3) is 0.500. The maximum atomic E-state index is 14.2. The molecule has 1 aliphatic carbocycles. The molecule has 0 amide bonds. The summed E-state index contributed by atoms with van der Waals surface area (Å²) in [5.41, 5.74) is -0.752.